The third-order valence-corrected chi connectivity index (χ3v) is 6.68. The molecule has 0 saturated carbocycles. The first-order valence-electron chi connectivity index (χ1n) is 12.1. The molecule has 1 aliphatic heterocycles. The first kappa shape index (κ1) is 26.1. The molecular weight excluding hydrogens is 439 g/mol. The Hall–Kier alpha value is -2.56. The summed E-state index contributed by atoms with van der Waals surface area (Å²) in [6.07, 6.45) is -0.937. The monoisotopic (exact) mass is 473 g/mol. The third kappa shape index (κ3) is 7.48. The van der Waals surface area contributed by atoms with Gasteiger partial charge in [-0.15, -0.1) is 0 Å². The fraction of sp³-hybridized carbons (Fsp3) is 0.519. The van der Waals surface area contributed by atoms with Gasteiger partial charge in [-0.05, 0) is 80.1 Å². The maximum absolute atomic E-state index is 12.6. The summed E-state index contributed by atoms with van der Waals surface area (Å²) in [5.41, 5.74) is 2.48. The van der Waals surface area contributed by atoms with Crippen molar-refractivity contribution >= 4 is 0 Å². The van der Waals surface area contributed by atoms with Crippen molar-refractivity contribution in [1.29, 1.82) is 5.26 Å². The summed E-state index contributed by atoms with van der Waals surface area (Å²) >= 11 is 0. The molecule has 2 aromatic carbocycles. The van der Waals surface area contributed by atoms with Crippen molar-refractivity contribution in [2.24, 2.45) is 0 Å². The van der Waals surface area contributed by atoms with Gasteiger partial charge in [-0.2, -0.15) is 18.4 Å². The Kier molecular flexibility index (Phi) is 9.37. The molecule has 1 aliphatic rings. The molecule has 0 aliphatic carbocycles. The van der Waals surface area contributed by atoms with Crippen LogP contribution in [0.3, 0.4) is 0 Å². The Bertz CT molecular complexity index is 945. The minimum atomic E-state index is -4.32. The fourth-order valence-electron chi connectivity index (χ4n) is 4.50. The lowest BCUT2D eigenvalue weighted by Crippen LogP contribution is -2.47. The number of alkyl halides is 3. The Morgan fingerprint density at radius 3 is 2.21 bits per heavy atom. The Labute approximate surface area is 200 Å². The predicted octanol–water partition coefficient (Wildman–Crippen LogP) is 5.86. The zero-order chi connectivity index (χ0) is 24.6. The van der Waals surface area contributed by atoms with Crippen LogP contribution in [0.2, 0.25) is 0 Å². The summed E-state index contributed by atoms with van der Waals surface area (Å²) in [6.45, 7) is 10.5. The van der Waals surface area contributed by atoms with E-state index in [1.54, 1.807) is 0 Å². The van der Waals surface area contributed by atoms with E-state index >= 15 is 0 Å². The van der Waals surface area contributed by atoms with E-state index in [-0.39, 0.29) is 0 Å². The van der Waals surface area contributed by atoms with E-state index < -0.39 is 11.7 Å². The molecule has 0 radical (unpaired) electrons. The molecule has 34 heavy (non-hydrogen) atoms. The van der Waals surface area contributed by atoms with Crippen LogP contribution in [0.1, 0.15) is 54.4 Å². The van der Waals surface area contributed by atoms with E-state index in [0.29, 0.717) is 18.3 Å². The van der Waals surface area contributed by atoms with Crippen LogP contribution in [0.4, 0.5) is 13.2 Å². The van der Waals surface area contributed by atoms with Crippen LogP contribution in [-0.4, -0.2) is 55.7 Å². The van der Waals surface area contributed by atoms with Gasteiger partial charge in [-0.25, -0.2) is 0 Å². The lowest BCUT2D eigenvalue weighted by Gasteiger charge is -2.34. The normalized spacial score (nSPS) is 16.2. The molecule has 0 spiro atoms. The first-order chi connectivity index (χ1) is 16.3. The number of hydrogen-bond donors (Lipinski definition) is 0. The number of nitrogens with zero attached hydrogens (tertiary/aromatic N) is 3. The number of nitriles is 1. The van der Waals surface area contributed by atoms with Crippen LogP contribution >= 0.6 is 0 Å². The Morgan fingerprint density at radius 2 is 1.65 bits per heavy atom. The SMILES string of the molecule is CCC(CCCN1CCN(CCOc2ccc(C(F)(F)F)cc2)CC1)c1ccc(C#N)c(C)c1. The fourth-order valence-corrected chi connectivity index (χ4v) is 4.50. The van der Waals surface area contributed by atoms with Crippen LogP contribution in [0, 0.1) is 18.3 Å². The summed E-state index contributed by atoms with van der Waals surface area (Å²) in [5.74, 6) is 0.990. The lowest BCUT2D eigenvalue weighted by molar-refractivity contribution is -0.137. The molecule has 0 bridgehead atoms. The van der Waals surface area contributed by atoms with Gasteiger partial charge in [0, 0.05) is 32.7 Å². The van der Waals surface area contributed by atoms with E-state index in [1.807, 2.05) is 13.0 Å². The molecular formula is C27H34F3N3O. The molecule has 0 amide bonds. The number of benzene rings is 2. The average Bonchev–Trinajstić information content (AvgIpc) is 2.82. The van der Waals surface area contributed by atoms with Crippen molar-refractivity contribution in [3.05, 3.63) is 64.7 Å². The first-order valence-corrected chi connectivity index (χ1v) is 12.1. The van der Waals surface area contributed by atoms with Crippen molar-refractivity contribution in [1.82, 2.24) is 9.80 Å². The van der Waals surface area contributed by atoms with Gasteiger partial charge >= 0.3 is 6.18 Å². The highest BCUT2D eigenvalue weighted by Crippen LogP contribution is 2.30. The zero-order valence-electron chi connectivity index (χ0n) is 20.1. The van der Waals surface area contributed by atoms with Crippen molar-refractivity contribution in [3.63, 3.8) is 0 Å². The summed E-state index contributed by atoms with van der Waals surface area (Å²) in [7, 11) is 0. The van der Waals surface area contributed by atoms with E-state index in [1.165, 1.54) is 17.7 Å². The minimum absolute atomic E-state index is 0.466. The standard InChI is InChI=1S/C27H34F3N3O/c1-3-22(23-6-7-24(20-31)21(2)19-23)5-4-12-32-13-15-33(16-14-32)17-18-34-26-10-8-25(9-11-26)27(28,29)30/h6-11,19,22H,3-5,12-18H2,1-2H3. The van der Waals surface area contributed by atoms with Crippen molar-refractivity contribution in [2.45, 2.75) is 45.2 Å². The molecule has 1 saturated heterocycles. The van der Waals surface area contributed by atoms with Crippen LogP contribution in [0.15, 0.2) is 42.5 Å². The quantitative estimate of drug-likeness (QED) is 0.434. The van der Waals surface area contributed by atoms with Crippen molar-refractivity contribution < 1.29 is 17.9 Å². The van der Waals surface area contributed by atoms with E-state index in [0.717, 1.165) is 81.8 Å². The van der Waals surface area contributed by atoms with Crippen molar-refractivity contribution in [2.75, 3.05) is 45.9 Å². The van der Waals surface area contributed by atoms with Gasteiger partial charge in [0.05, 0.1) is 17.2 Å². The minimum Gasteiger partial charge on any atom is -0.492 e. The van der Waals surface area contributed by atoms with Gasteiger partial charge < -0.3 is 9.64 Å². The van der Waals surface area contributed by atoms with Gasteiger partial charge in [0.1, 0.15) is 12.4 Å². The second-order valence-electron chi connectivity index (χ2n) is 8.99. The second kappa shape index (κ2) is 12.2. The average molecular weight is 474 g/mol. The molecule has 1 atom stereocenters. The predicted molar refractivity (Wildman–Crippen MR) is 128 cm³/mol. The molecule has 3 rings (SSSR count). The smallest absolute Gasteiger partial charge is 0.416 e. The number of hydrogen-bond acceptors (Lipinski definition) is 4. The van der Waals surface area contributed by atoms with Gasteiger partial charge in [0.25, 0.3) is 0 Å². The Balaban J connectivity index is 1.33. The van der Waals surface area contributed by atoms with Crippen LogP contribution < -0.4 is 4.74 Å². The van der Waals surface area contributed by atoms with Crippen molar-refractivity contribution in [3.8, 4) is 11.8 Å². The van der Waals surface area contributed by atoms with Gasteiger partial charge in [-0.3, -0.25) is 4.90 Å². The van der Waals surface area contributed by atoms with E-state index in [4.69, 9.17) is 10.00 Å². The summed E-state index contributed by atoms with van der Waals surface area (Å²) in [4.78, 5) is 4.85. The summed E-state index contributed by atoms with van der Waals surface area (Å²) in [5, 5.41) is 9.14. The highest BCUT2D eigenvalue weighted by Gasteiger charge is 2.30. The van der Waals surface area contributed by atoms with Gasteiger partial charge in [-0.1, -0.05) is 19.1 Å². The second-order valence-corrected chi connectivity index (χ2v) is 8.99. The molecule has 1 unspecified atom stereocenters. The molecule has 1 heterocycles. The number of rotatable bonds is 10. The highest BCUT2D eigenvalue weighted by molar-refractivity contribution is 5.40. The van der Waals surface area contributed by atoms with Crippen LogP contribution in [0.25, 0.3) is 0 Å². The number of piperazine rings is 1. The molecule has 0 aromatic heterocycles. The molecule has 4 nitrogen and oxygen atoms in total. The third-order valence-electron chi connectivity index (χ3n) is 6.68. The zero-order valence-corrected chi connectivity index (χ0v) is 20.1. The summed E-state index contributed by atoms with van der Waals surface area (Å²) in [6, 6.07) is 13.3. The number of halogens is 3. The lowest BCUT2D eigenvalue weighted by atomic mass is 9.90. The topological polar surface area (TPSA) is 39.5 Å². The molecule has 0 N–H and O–H groups in total. The number of ether oxygens (including phenoxy) is 1. The largest absolute Gasteiger partial charge is 0.492 e. The summed E-state index contributed by atoms with van der Waals surface area (Å²) < 4.78 is 43.5. The molecule has 184 valence electrons. The number of aryl methyl sites for hydroxylation is 1. The maximum atomic E-state index is 12.6. The van der Waals surface area contributed by atoms with Crippen LogP contribution in [-0.2, 0) is 6.18 Å². The molecule has 2 aromatic rings. The Morgan fingerprint density at radius 1 is 1.00 bits per heavy atom. The van der Waals surface area contributed by atoms with E-state index in [9.17, 15) is 13.2 Å². The maximum Gasteiger partial charge on any atom is 0.416 e. The van der Waals surface area contributed by atoms with Crippen LogP contribution in [0.5, 0.6) is 5.75 Å². The highest BCUT2D eigenvalue weighted by atomic mass is 19.4. The molecule has 1 fully saturated rings. The van der Waals surface area contributed by atoms with E-state index in [2.05, 4.69) is 34.9 Å². The molecule has 7 heteroatoms. The van der Waals surface area contributed by atoms with Gasteiger partial charge in [0.2, 0.25) is 0 Å². The van der Waals surface area contributed by atoms with Gasteiger partial charge in [0.15, 0.2) is 0 Å².